The normalized spacial score (nSPS) is 23.9. The molecular formula is C12H16ClN. The van der Waals surface area contributed by atoms with Crippen molar-refractivity contribution in [2.45, 2.75) is 32.7 Å². The molecule has 1 aliphatic rings. The summed E-state index contributed by atoms with van der Waals surface area (Å²) in [6, 6.07) is 6.12. The highest BCUT2D eigenvalue weighted by Crippen LogP contribution is 2.38. The molecule has 0 radical (unpaired) electrons. The number of para-hydroxylation sites is 1. The van der Waals surface area contributed by atoms with E-state index in [4.69, 9.17) is 11.6 Å². The highest BCUT2D eigenvalue weighted by atomic mass is 35.5. The molecule has 1 atom stereocenters. The molecule has 1 heterocycles. The second kappa shape index (κ2) is 3.16. The van der Waals surface area contributed by atoms with Gasteiger partial charge in [-0.1, -0.05) is 30.7 Å². The molecule has 0 saturated carbocycles. The zero-order valence-electron chi connectivity index (χ0n) is 8.89. The van der Waals surface area contributed by atoms with Crippen LogP contribution in [-0.4, -0.2) is 5.54 Å². The topological polar surface area (TPSA) is 12.0 Å². The largest absolute Gasteiger partial charge is 0.378 e. The van der Waals surface area contributed by atoms with Crippen LogP contribution in [0.1, 0.15) is 26.3 Å². The Balaban J connectivity index is 2.46. The van der Waals surface area contributed by atoms with Crippen LogP contribution in [0, 0.1) is 5.92 Å². The average molecular weight is 210 g/mol. The van der Waals surface area contributed by atoms with E-state index in [0.29, 0.717) is 5.92 Å². The van der Waals surface area contributed by atoms with Gasteiger partial charge in [0.05, 0.1) is 10.7 Å². The van der Waals surface area contributed by atoms with Crippen LogP contribution in [-0.2, 0) is 6.42 Å². The number of benzene rings is 1. The van der Waals surface area contributed by atoms with Crippen LogP contribution in [0.5, 0.6) is 0 Å². The molecule has 1 unspecified atom stereocenters. The van der Waals surface area contributed by atoms with Crippen molar-refractivity contribution in [2.24, 2.45) is 5.92 Å². The summed E-state index contributed by atoms with van der Waals surface area (Å²) in [6.45, 7) is 6.73. The fourth-order valence-electron chi connectivity index (χ4n) is 1.91. The smallest absolute Gasteiger partial charge is 0.0640 e. The van der Waals surface area contributed by atoms with Crippen LogP contribution in [0.2, 0.25) is 5.02 Å². The van der Waals surface area contributed by atoms with E-state index >= 15 is 0 Å². The van der Waals surface area contributed by atoms with Crippen LogP contribution in [0.25, 0.3) is 0 Å². The SMILES string of the molecule is CC1Cc2cccc(Cl)c2NC1(C)C. The average Bonchev–Trinajstić information content (AvgIpc) is 2.09. The molecule has 0 amide bonds. The van der Waals surface area contributed by atoms with Gasteiger partial charge < -0.3 is 5.32 Å². The number of hydrogen-bond donors (Lipinski definition) is 1. The third kappa shape index (κ3) is 1.50. The van der Waals surface area contributed by atoms with Gasteiger partial charge in [0.15, 0.2) is 0 Å². The van der Waals surface area contributed by atoms with Gasteiger partial charge in [-0.3, -0.25) is 0 Å². The van der Waals surface area contributed by atoms with Gasteiger partial charge in [0, 0.05) is 5.54 Å². The number of anilines is 1. The van der Waals surface area contributed by atoms with Crippen molar-refractivity contribution in [3.05, 3.63) is 28.8 Å². The molecule has 0 fully saturated rings. The minimum absolute atomic E-state index is 0.137. The van der Waals surface area contributed by atoms with Gasteiger partial charge in [0.2, 0.25) is 0 Å². The zero-order valence-corrected chi connectivity index (χ0v) is 9.65. The van der Waals surface area contributed by atoms with E-state index in [0.717, 1.165) is 17.1 Å². The fourth-order valence-corrected chi connectivity index (χ4v) is 2.15. The molecule has 0 bridgehead atoms. The molecule has 1 aromatic rings. The second-order valence-electron chi connectivity index (χ2n) is 4.73. The highest BCUT2D eigenvalue weighted by Gasteiger charge is 2.31. The summed E-state index contributed by atoms with van der Waals surface area (Å²) < 4.78 is 0. The Morgan fingerprint density at radius 3 is 2.86 bits per heavy atom. The van der Waals surface area contributed by atoms with Crippen LogP contribution >= 0.6 is 11.6 Å². The van der Waals surface area contributed by atoms with Gasteiger partial charge >= 0.3 is 0 Å². The summed E-state index contributed by atoms with van der Waals surface area (Å²) >= 11 is 6.15. The minimum atomic E-state index is 0.137. The van der Waals surface area contributed by atoms with E-state index in [2.05, 4.69) is 32.2 Å². The van der Waals surface area contributed by atoms with E-state index in [-0.39, 0.29) is 5.54 Å². The lowest BCUT2D eigenvalue weighted by atomic mass is 9.80. The van der Waals surface area contributed by atoms with Gasteiger partial charge in [0.1, 0.15) is 0 Å². The third-order valence-corrected chi connectivity index (χ3v) is 3.62. The lowest BCUT2D eigenvalue weighted by molar-refractivity contribution is 0.362. The van der Waals surface area contributed by atoms with E-state index in [9.17, 15) is 0 Å². The molecule has 0 aromatic heterocycles. The van der Waals surface area contributed by atoms with Gasteiger partial charge in [-0.25, -0.2) is 0 Å². The molecule has 1 aromatic carbocycles. The Labute approximate surface area is 90.5 Å². The molecule has 14 heavy (non-hydrogen) atoms. The molecule has 2 rings (SSSR count). The Bertz CT molecular complexity index is 357. The lowest BCUT2D eigenvalue weighted by Gasteiger charge is -2.40. The van der Waals surface area contributed by atoms with E-state index in [1.807, 2.05) is 12.1 Å². The standard InChI is InChI=1S/C12H16ClN/c1-8-7-9-5-4-6-10(13)11(9)14-12(8,2)3/h4-6,8,14H,7H2,1-3H3. The van der Waals surface area contributed by atoms with Crippen LogP contribution in [0.4, 0.5) is 5.69 Å². The van der Waals surface area contributed by atoms with Gasteiger partial charge in [-0.05, 0) is 37.8 Å². The summed E-state index contributed by atoms with van der Waals surface area (Å²) in [4.78, 5) is 0. The summed E-state index contributed by atoms with van der Waals surface area (Å²) in [5, 5.41) is 4.36. The zero-order chi connectivity index (χ0) is 10.3. The Kier molecular flexibility index (Phi) is 2.23. The minimum Gasteiger partial charge on any atom is -0.378 e. The van der Waals surface area contributed by atoms with Crippen molar-refractivity contribution in [1.82, 2.24) is 0 Å². The molecular weight excluding hydrogens is 194 g/mol. The molecule has 1 N–H and O–H groups in total. The molecule has 0 saturated heterocycles. The summed E-state index contributed by atoms with van der Waals surface area (Å²) in [5.41, 5.74) is 2.60. The van der Waals surface area contributed by atoms with Crippen LogP contribution in [0.15, 0.2) is 18.2 Å². The number of fused-ring (bicyclic) bond motifs is 1. The maximum Gasteiger partial charge on any atom is 0.0640 e. The van der Waals surface area contributed by atoms with Crippen molar-refractivity contribution in [1.29, 1.82) is 0 Å². The first-order valence-electron chi connectivity index (χ1n) is 5.06. The molecule has 1 aliphatic heterocycles. The molecule has 1 nitrogen and oxygen atoms in total. The molecule has 0 aliphatic carbocycles. The lowest BCUT2D eigenvalue weighted by Crippen LogP contribution is -2.42. The summed E-state index contributed by atoms with van der Waals surface area (Å²) in [7, 11) is 0. The Morgan fingerprint density at radius 1 is 1.43 bits per heavy atom. The van der Waals surface area contributed by atoms with Crippen LogP contribution in [0.3, 0.4) is 0 Å². The van der Waals surface area contributed by atoms with Crippen LogP contribution < -0.4 is 5.32 Å². The molecule has 76 valence electrons. The predicted molar refractivity (Wildman–Crippen MR) is 62.0 cm³/mol. The predicted octanol–water partition coefficient (Wildman–Crippen LogP) is 3.72. The number of hydrogen-bond acceptors (Lipinski definition) is 1. The van der Waals surface area contributed by atoms with Crippen molar-refractivity contribution in [3.63, 3.8) is 0 Å². The van der Waals surface area contributed by atoms with Gasteiger partial charge in [-0.2, -0.15) is 0 Å². The van der Waals surface area contributed by atoms with Crippen molar-refractivity contribution in [3.8, 4) is 0 Å². The molecule has 2 heteroatoms. The van der Waals surface area contributed by atoms with Crippen molar-refractivity contribution >= 4 is 17.3 Å². The maximum absolute atomic E-state index is 6.15. The van der Waals surface area contributed by atoms with Gasteiger partial charge in [0.25, 0.3) is 0 Å². The second-order valence-corrected chi connectivity index (χ2v) is 5.13. The summed E-state index contributed by atoms with van der Waals surface area (Å²) in [5.74, 6) is 0.633. The first-order chi connectivity index (χ1) is 6.50. The van der Waals surface area contributed by atoms with E-state index < -0.39 is 0 Å². The number of nitrogens with one attached hydrogen (secondary N) is 1. The van der Waals surface area contributed by atoms with E-state index in [1.54, 1.807) is 0 Å². The summed E-state index contributed by atoms with van der Waals surface area (Å²) in [6.07, 6.45) is 1.11. The Hall–Kier alpha value is -0.690. The third-order valence-electron chi connectivity index (χ3n) is 3.31. The first kappa shape index (κ1) is 9.85. The quantitative estimate of drug-likeness (QED) is 0.687. The monoisotopic (exact) mass is 209 g/mol. The Morgan fingerprint density at radius 2 is 2.14 bits per heavy atom. The maximum atomic E-state index is 6.15. The number of rotatable bonds is 0. The highest BCUT2D eigenvalue weighted by molar-refractivity contribution is 6.33. The molecule has 0 spiro atoms. The first-order valence-corrected chi connectivity index (χ1v) is 5.44. The van der Waals surface area contributed by atoms with E-state index in [1.165, 1.54) is 5.56 Å². The van der Waals surface area contributed by atoms with Crippen molar-refractivity contribution in [2.75, 3.05) is 5.32 Å². The fraction of sp³-hybridized carbons (Fsp3) is 0.500. The number of halogens is 1. The van der Waals surface area contributed by atoms with Gasteiger partial charge in [-0.15, -0.1) is 0 Å². The van der Waals surface area contributed by atoms with Crippen molar-refractivity contribution < 1.29 is 0 Å².